The van der Waals surface area contributed by atoms with E-state index in [0.717, 1.165) is 79.9 Å². The number of ketones is 2. The molecule has 0 spiro atoms. The number of Topliss-reactive ketones (excluding diaryl/α,β-unsaturated/α-hetero) is 2. The first-order valence-electron chi connectivity index (χ1n) is 37.8. The minimum Gasteiger partial charge on any atom is -0.289 e. The van der Waals surface area contributed by atoms with Crippen molar-refractivity contribution in [2.45, 2.75) is 167 Å². The Morgan fingerprint density at radius 3 is 0.972 bits per heavy atom. The van der Waals surface area contributed by atoms with E-state index in [1.807, 2.05) is 12.2 Å². The van der Waals surface area contributed by atoms with Gasteiger partial charge in [-0.1, -0.05) is 237 Å². The van der Waals surface area contributed by atoms with Crippen molar-refractivity contribution in [2.75, 3.05) is 0 Å². The minimum absolute atomic E-state index is 0.125. The first-order chi connectivity index (χ1) is 51.8. The summed E-state index contributed by atoms with van der Waals surface area (Å²) in [6.07, 6.45) is 26.4. The lowest BCUT2D eigenvalue weighted by Gasteiger charge is -2.36. The number of fused-ring (bicyclic) bond motifs is 12. The Balaban J connectivity index is 1.01. The standard InChI is InChI=1S/C94H80Cl2N4O2S4/c1-5-9-13-17-21-57-25-33-63(34-26-57)93(64-35-27-58(28-36-64)22-18-14-10-6-2)79-51-76-80(52-75(79)89-85(93)91-81(105-89)49-69(103-91)47-77-83(61(53-97)54-98)71-43-41-67(95)45-73(71)87(77)101)94(65-37-29-59(30-38-65)23-19-15-11-7-3,66-39-31-60(32-40-66)24-20-16-12-8-4)86-90(76)106-82-50-70(104-92(82)86)48-78-84(62(55-99)56-100)72-44-42-68(96)46-74(72)88(78)102/h25-52H,5-24H2,1-4H3/b77-47-,78-48?. The monoisotopic (exact) mass is 1490 g/mol. The molecule has 0 unspecified atom stereocenters. The molecule has 11 aromatic rings. The zero-order valence-electron chi connectivity index (χ0n) is 60.3. The van der Waals surface area contributed by atoms with Crippen LogP contribution in [0.25, 0.3) is 63.0 Å². The highest BCUT2D eigenvalue weighted by molar-refractivity contribution is 7.31. The topological polar surface area (TPSA) is 129 Å². The molecule has 15 rings (SSSR count). The molecule has 106 heavy (non-hydrogen) atoms. The number of halogens is 2. The Labute approximate surface area is 648 Å². The van der Waals surface area contributed by atoms with Gasteiger partial charge in [0.25, 0.3) is 0 Å². The number of nitriles is 4. The van der Waals surface area contributed by atoms with E-state index in [0.29, 0.717) is 54.6 Å². The van der Waals surface area contributed by atoms with Gasteiger partial charge in [-0.3, -0.25) is 9.59 Å². The third-order valence-electron chi connectivity index (χ3n) is 22.3. The second-order valence-electron chi connectivity index (χ2n) is 28.9. The van der Waals surface area contributed by atoms with Gasteiger partial charge in [-0.15, -0.1) is 45.3 Å². The van der Waals surface area contributed by atoms with Gasteiger partial charge in [-0.05, 0) is 190 Å². The average molecular weight is 1500 g/mol. The molecule has 0 fully saturated rings. The van der Waals surface area contributed by atoms with Gasteiger partial charge < -0.3 is 0 Å². The van der Waals surface area contributed by atoms with Crippen LogP contribution in [0.2, 0.25) is 10.0 Å². The van der Waals surface area contributed by atoms with E-state index in [1.165, 1.54) is 165 Å². The van der Waals surface area contributed by atoms with Crippen molar-refractivity contribution >= 4 is 122 Å². The van der Waals surface area contributed by atoms with E-state index < -0.39 is 10.8 Å². The fourth-order valence-electron chi connectivity index (χ4n) is 17.1. The van der Waals surface area contributed by atoms with Gasteiger partial charge in [0.2, 0.25) is 0 Å². The van der Waals surface area contributed by atoms with Crippen molar-refractivity contribution in [2.24, 2.45) is 0 Å². The number of aryl methyl sites for hydroxylation is 4. The molecule has 0 radical (unpaired) electrons. The van der Waals surface area contributed by atoms with Gasteiger partial charge in [0.15, 0.2) is 11.6 Å². The van der Waals surface area contributed by atoms with Crippen molar-refractivity contribution in [1.29, 1.82) is 21.0 Å². The summed E-state index contributed by atoms with van der Waals surface area (Å²) in [7, 11) is 0. The van der Waals surface area contributed by atoms with E-state index >= 15 is 0 Å². The fourth-order valence-corrected chi connectivity index (χ4v) is 23.0. The van der Waals surface area contributed by atoms with Crippen molar-refractivity contribution in [3.05, 3.63) is 289 Å². The minimum atomic E-state index is -0.866. The Bertz CT molecular complexity index is 5150. The van der Waals surface area contributed by atoms with Gasteiger partial charge in [0.05, 0.1) is 20.2 Å². The maximum absolute atomic E-state index is 14.7. The van der Waals surface area contributed by atoms with E-state index in [4.69, 9.17) is 23.2 Å². The second kappa shape index (κ2) is 30.9. The van der Waals surface area contributed by atoms with E-state index in [9.17, 15) is 30.6 Å². The number of nitrogens with zero attached hydrogens (tertiary/aromatic N) is 4. The molecule has 0 saturated heterocycles. The SMILES string of the molecule is CCCCCCc1ccc(C2(c3ccc(CCCCCC)cc3)c3cc4c(cc3-c3sc5cc(C=C6C(=O)c7cc(Cl)ccc7C6=C(C#N)C#N)sc5c32)C(c2ccc(CCCCCC)cc2)(c2ccc(CCCCCC)cc2)c2c-4sc3cc(/C=C4\C(=O)c5cc(Cl)ccc5C4=C(C#N)C#N)sc23)cc1. The van der Waals surface area contributed by atoms with Gasteiger partial charge >= 0.3 is 0 Å². The molecule has 0 atom stereocenters. The molecule has 4 aliphatic rings. The lowest BCUT2D eigenvalue weighted by molar-refractivity contribution is 0.103. The highest BCUT2D eigenvalue weighted by Crippen LogP contribution is 2.68. The van der Waals surface area contributed by atoms with Crippen molar-refractivity contribution in [1.82, 2.24) is 0 Å². The quantitative estimate of drug-likeness (QED) is 0.0302. The molecule has 0 N–H and O–H groups in total. The lowest BCUT2D eigenvalue weighted by atomic mass is 9.65. The third-order valence-corrected chi connectivity index (χ3v) is 27.6. The zero-order valence-corrected chi connectivity index (χ0v) is 65.1. The highest BCUT2D eigenvalue weighted by atomic mass is 35.5. The average Bonchev–Trinajstić information content (AvgIpc) is 1.49. The van der Waals surface area contributed by atoms with Crippen LogP contribution in [0, 0.1) is 45.3 Å². The fraction of sp³-hybridized carbons (Fsp3) is 0.277. The summed E-state index contributed by atoms with van der Waals surface area (Å²) in [5, 5.41) is 42.7. The molecule has 6 nitrogen and oxygen atoms in total. The first kappa shape index (κ1) is 72.3. The van der Waals surface area contributed by atoms with Crippen LogP contribution in [0.4, 0.5) is 0 Å². The zero-order chi connectivity index (χ0) is 73.4. The van der Waals surface area contributed by atoms with Crippen LogP contribution in [0.3, 0.4) is 0 Å². The Morgan fingerprint density at radius 1 is 0.368 bits per heavy atom. The molecule has 0 amide bonds. The van der Waals surface area contributed by atoms with Gasteiger partial charge in [0, 0.05) is 83.5 Å². The Kier molecular flexibility index (Phi) is 21.1. The van der Waals surface area contributed by atoms with Gasteiger partial charge in [-0.2, -0.15) is 21.0 Å². The number of rotatable bonds is 26. The van der Waals surface area contributed by atoms with Crippen LogP contribution in [-0.2, 0) is 36.5 Å². The molecule has 4 aliphatic carbocycles. The normalized spacial score (nSPS) is 14.8. The van der Waals surface area contributed by atoms with Crippen LogP contribution in [0.1, 0.15) is 239 Å². The largest absolute Gasteiger partial charge is 0.289 e. The number of unbranched alkanes of at least 4 members (excludes halogenated alkanes) is 12. The van der Waals surface area contributed by atoms with Crippen LogP contribution in [0.15, 0.2) is 180 Å². The molecule has 0 aliphatic heterocycles. The Morgan fingerprint density at radius 2 is 0.679 bits per heavy atom. The summed E-state index contributed by atoms with van der Waals surface area (Å²) >= 11 is 20.1. The van der Waals surface area contributed by atoms with Crippen LogP contribution in [0.5, 0.6) is 0 Å². The van der Waals surface area contributed by atoms with Crippen molar-refractivity contribution < 1.29 is 9.59 Å². The number of carbonyl (C=O) groups is 2. The van der Waals surface area contributed by atoms with E-state index in [-0.39, 0.29) is 22.7 Å². The summed E-state index contributed by atoms with van der Waals surface area (Å²) in [6, 6.07) is 66.4. The number of hydrogen-bond donors (Lipinski definition) is 0. The summed E-state index contributed by atoms with van der Waals surface area (Å²) < 4.78 is 4.38. The first-order valence-corrected chi connectivity index (χ1v) is 41.8. The van der Waals surface area contributed by atoms with E-state index in [2.05, 4.69) is 173 Å². The molecule has 526 valence electrons. The Hall–Kier alpha value is -9.30. The number of hydrogen-bond acceptors (Lipinski definition) is 10. The summed E-state index contributed by atoms with van der Waals surface area (Å²) in [6.45, 7) is 9.05. The smallest absolute Gasteiger partial charge is 0.194 e. The number of benzene rings is 7. The molecule has 0 bridgehead atoms. The second-order valence-corrected chi connectivity index (χ2v) is 34.0. The number of allylic oxidation sites excluding steroid dienone is 6. The maximum atomic E-state index is 14.7. The molecule has 12 heteroatoms. The van der Waals surface area contributed by atoms with Crippen LogP contribution < -0.4 is 0 Å². The van der Waals surface area contributed by atoms with Crippen molar-refractivity contribution in [3.8, 4) is 45.2 Å². The summed E-state index contributed by atoms with van der Waals surface area (Å²) in [5.74, 6) is -0.550. The predicted molar refractivity (Wildman–Crippen MR) is 443 cm³/mol. The maximum Gasteiger partial charge on any atom is 0.194 e. The molecular weight excluding hydrogens is 1420 g/mol. The number of carbonyl (C=O) groups excluding carboxylic acids is 2. The predicted octanol–water partition coefficient (Wildman–Crippen LogP) is 26.9. The molecule has 4 heterocycles. The van der Waals surface area contributed by atoms with Gasteiger partial charge in [0.1, 0.15) is 35.4 Å². The summed E-state index contributed by atoms with van der Waals surface area (Å²) in [4.78, 5) is 33.5. The molecular formula is C94H80Cl2N4O2S4. The summed E-state index contributed by atoms with van der Waals surface area (Å²) in [5.41, 5.74) is 18.1. The highest BCUT2D eigenvalue weighted by Gasteiger charge is 2.55. The molecule has 4 aromatic heterocycles. The third kappa shape index (κ3) is 12.6. The van der Waals surface area contributed by atoms with Crippen LogP contribution in [-0.4, -0.2) is 11.6 Å². The number of thiophene rings is 4. The van der Waals surface area contributed by atoms with Gasteiger partial charge in [-0.25, -0.2) is 0 Å². The lowest BCUT2D eigenvalue weighted by Crippen LogP contribution is -2.30. The molecule has 0 saturated carbocycles. The van der Waals surface area contributed by atoms with Crippen LogP contribution >= 0.6 is 68.5 Å². The molecule has 7 aromatic carbocycles. The van der Waals surface area contributed by atoms with E-state index in [1.54, 1.807) is 81.7 Å². The van der Waals surface area contributed by atoms with Crippen molar-refractivity contribution in [3.63, 3.8) is 0 Å².